The molecule has 1 atom stereocenters. The standard InChI is InChI=1S/C12H20N4O3/c1-12(2,3)15-6-10(17)16-9(11(18)19)4-8-5-13-7-14-8/h5,7,9,15H,4,6H2,1-3H3,(H,13,14)(H,16,17)(H,18,19). The third-order valence-electron chi connectivity index (χ3n) is 2.39. The van der Waals surface area contributed by atoms with Crippen molar-refractivity contribution in [3.8, 4) is 0 Å². The Hall–Kier alpha value is -1.89. The first-order valence-corrected chi connectivity index (χ1v) is 6.02. The number of amides is 1. The minimum absolute atomic E-state index is 0.0796. The molecule has 0 radical (unpaired) electrons. The van der Waals surface area contributed by atoms with Gasteiger partial charge in [-0.05, 0) is 20.8 Å². The Bertz CT molecular complexity index is 423. The molecule has 0 saturated heterocycles. The number of carboxylic acids is 1. The predicted molar refractivity (Wildman–Crippen MR) is 69.6 cm³/mol. The van der Waals surface area contributed by atoms with Crippen molar-refractivity contribution < 1.29 is 14.7 Å². The van der Waals surface area contributed by atoms with Crippen molar-refractivity contribution in [1.82, 2.24) is 20.6 Å². The van der Waals surface area contributed by atoms with Crippen molar-refractivity contribution in [2.45, 2.75) is 38.8 Å². The third kappa shape index (κ3) is 6.01. The van der Waals surface area contributed by atoms with E-state index in [1.807, 2.05) is 20.8 Å². The number of carbonyl (C=O) groups is 2. The Morgan fingerprint density at radius 1 is 1.47 bits per heavy atom. The van der Waals surface area contributed by atoms with Crippen molar-refractivity contribution in [2.24, 2.45) is 0 Å². The molecule has 0 bridgehead atoms. The number of hydrogen-bond acceptors (Lipinski definition) is 4. The van der Waals surface area contributed by atoms with Crippen molar-refractivity contribution in [3.63, 3.8) is 0 Å². The van der Waals surface area contributed by atoms with E-state index in [0.29, 0.717) is 5.69 Å². The Morgan fingerprint density at radius 2 is 2.16 bits per heavy atom. The maximum absolute atomic E-state index is 11.7. The second-order valence-corrected chi connectivity index (χ2v) is 5.34. The number of aromatic amines is 1. The molecule has 19 heavy (non-hydrogen) atoms. The minimum atomic E-state index is -1.07. The Kier molecular flexibility index (Phi) is 5.05. The van der Waals surface area contributed by atoms with E-state index in [9.17, 15) is 9.59 Å². The molecule has 7 nitrogen and oxygen atoms in total. The van der Waals surface area contributed by atoms with E-state index in [1.54, 1.807) is 0 Å². The van der Waals surface area contributed by atoms with E-state index < -0.39 is 12.0 Å². The van der Waals surface area contributed by atoms with Crippen LogP contribution in [0.25, 0.3) is 0 Å². The summed E-state index contributed by atoms with van der Waals surface area (Å²) in [6, 6.07) is -0.963. The van der Waals surface area contributed by atoms with Crippen LogP contribution in [-0.2, 0) is 16.0 Å². The summed E-state index contributed by atoms with van der Waals surface area (Å²) in [5.41, 5.74) is 0.468. The van der Waals surface area contributed by atoms with Gasteiger partial charge in [0.05, 0.1) is 12.9 Å². The largest absolute Gasteiger partial charge is 0.480 e. The zero-order chi connectivity index (χ0) is 14.5. The highest BCUT2D eigenvalue weighted by molar-refractivity contribution is 5.84. The number of imidazole rings is 1. The van der Waals surface area contributed by atoms with Gasteiger partial charge in [-0.1, -0.05) is 0 Å². The molecule has 0 aliphatic carbocycles. The summed E-state index contributed by atoms with van der Waals surface area (Å²) in [5.74, 6) is -1.42. The number of hydrogen-bond donors (Lipinski definition) is 4. The first kappa shape index (κ1) is 15.2. The van der Waals surface area contributed by atoms with Gasteiger partial charge in [-0.15, -0.1) is 0 Å². The van der Waals surface area contributed by atoms with Crippen LogP contribution >= 0.6 is 0 Å². The number of rotatable bonds is 6. The zero-order valence-electron chi connectivity index (χ0n) is 11.4. The van der Waals surface area contributed by atoms with Gasteiger partial charge in [-0.2, -0.15) is 0 Å². The topological polar surface area (TPSA) is 107 Å². The summed E-state index contributed by atoms with van der Waals surface area (Å²) < 4.78 is 0. The van der Waals surface area contributed by atoms with Crippen molar-refractivity contribution >= 4 is 11.9 Å². The summed E-state index contributed by atoms with van der Waals surface area (Å²) >= 11 is 0. The summed E-state index contributed by atoms with van der Waals surface area (Å²) in [4.78, 5) is 29.4. The molecule has 0 saturated carbocycles. The van der Waals surface area contributed by atoms with E-state index in [-0.39, 0.29) is 24.4 Å². The SMILES string of the molecule is CC(C)(C)NCC(=O)NC(Cc1cnc[nH]1)C(=O)O. The van der Waals surface area contributed by atoms with E-state index in [4.69, 9.17) is 5.11 Å². The maximum atomic E-state index is 11.7. The first-order valence-electron chi connectivity index (χ1n) is 6.02. The molecule has 1 unspecified atom stereocenters. The van der Waals surface area contributed by atoms with E-state index >= 15 is 0 Å². The van der Waals surface area contributed by atoms with Crippen LogP contribution in [0.1, 0.15) is 26.5 Å². The number of nitrogens with one attached hydrogen (secondary N) is 3. The summed E-state index contributed by atoms with van der Waals surface area (Å²) in [6.45, 7) is 5.87. The Balaban J connectivity index is 2.49. The average molecular weight is 268 g/mol. The van der Waals surface area contributed by atoms with Gasteiger partial charge >= 0.3 is 5.97 Å². The lowest BCUT2D eigenvalue weighted by molar-refractivity contribution is -0.141. The number of aromatic nitrogens is 2. The summed E-state index contributed by atoms with van der Waals surface area (Å²) in [7, 11) is 0. The molecule has 1 rings (SSSR count). The monoisotopic (exact) mass is 268 g/mol. The molecule has 1 aromatic rings. The van der Waals surface area contributed by atoms with Gasteiger partial charge in [0, 0.05) is 23.9 Å². The molecule has 0 aliphatic rings. The molecule has 0 fully saturated rings. The zero-order valence-corrected chi connectivity index (χ0v) is 11.4. The number of nitrogens with zero attached hydrogens (tertiary/aromatic N) is 1. The smallest absolute Gasteiger partial charge is 0.326 e. The van der Waals surface area contributed by atoms with Gasteiger partial charge in [0.25, 0.3) is 0 Å². The lowest BCUT2D eigenvalue weighted by atomic mass is 10.1. The van der Waals surface area contributed by atoms with Crippen LogP contribution in [0.4, 0.5) is 0 Å². The lowest BCUT2D eigenvalue weighted by Gasteiger charge is -2.21. The second kappa shape index (κ2) is 6.33. The molecule has 1 heterocycles. The number of carboxylic acid groups (broad SMARTS) is 1. The number of aliphatic carboxylic acids is 1. The fourth-order valence-corrected chi connectivity index (χ4v) is 1.41. The van der Waals surface area contributed by atoms with Crippen LogP contribution in [0.5, 0.6) is 0 Å². The number of H-pyrrole nitrogens is 1. The van der Waals surface area contributed by atoms with E-state index in [1.165, 1.54) is 12.5 Å². The molecule has 7 heteroatoms. The maximum Gasteiger partial charge on any atom is 0.326 e. The fraction of sp³-hybridized carbons (Fsp3) is 0.583. The highest BCUT2D eigenvalue weighted by Crippen LogP contribution is 2.00. The first-order chi connectivity index (χ1) is 8.78. The Labute approximate surface area is 111 Å². The van der Waals surface area contributed by atoms with E-state index in [2.05, 4.69) is 20.6 Å². The molecule has 0 aliphatic heterocycles. The third-order valence-corrected chi connectivity index (χ3v) is 2.39. The molecular formula is C12H20N4O3. The van der Waals surface area contributed by atoms with E-state index in [0.717, 1.165) is 0 Å². The molecular weight excluding hydrogens is 248 g/mol. The van der Waals surface area contributed by atoms with Gasteiger partial charge in [-0.25, -0.2) is 9.78 Å². The predicted octanol–water partition coefficient (Wildman–Crippen LogP) is -0.0903. The summed E-state index contributed by atoms with van der Waals surface area (Å²) in [6.07, 6.45) is 3.18. The van der Waals surface area contributed by atoms with Gasteiger partial charge in [-0.3, -0.25) is 4.79 Å². The van der Waals surface area contributed by atoms with Crippen molar-refractivity contribution in [2.75, 3.05) is 6.54 Å². The van der Waals surface area contributed by atoms with Crippen LogP contribution in [0.15, 0.2) is 12.5 Å². The summed E-state index contributed by atoms with van der Waals surface area (Å²) in [5, 5.41) is 14.6. The lowest BCUT2D eigenvalue weighted by Crippen LogP contribution is -2.48. The molecule has 0 spiro atoms. The van der Waals surface area contributed by atoms with Crippen LogP contribution in [-0.4, -0.2) is 45.1 Å². The van der Waals surface area contributed by atoms with Crippen molar-refractivity contribution in [3.05, 3.63) is 18.2 Å². The second-order valence-electron chi connectivity index (χ2n) is 5.34. The van der Waals surface area contributed by atoms with Crippen LogP contribution in [0.3, 0.4) is 0 Å². The Morgan fingerprint density at radius 3 is 2.63 bits per heavy atom. The van der Waals surface area contributed by atoms with Gasteiger partial charge in [0.2, 0.25) is 5.91 Å². The van der Waals surface area contributed by atoms with Crippen LogP contribution < -0.4 is 10.6 Å². The van der Waals surface area contributed by atoms with Gasteiger partial charge < -0.3 is 20.7 Å². The molecule has 0 aromatic carbocycles. The molecule has 106 valence electrons. The molecule has 1 amide bonds. The van der Waals surface area contributed by atoms with Crippen LogP contribution in [0, 0.1) is 0 Å². The highest BCUT2D eigenvalue weighted by Gasteiger charge is 2.21. The van der Waals surface area contributed by atoms with Gasteiger partial charge in [0.1, 0.15) is 6.04 Å². The average Bonchev–Trinajstić information content (AvgIpc) is 2.77. The van der Waals surface area contributed by atoms with Gasteiger partial charge in [0.15, 0.2) is 0 Å². The minimum Gasteiger partial charge on any atom is -0.480 e. The number of carbonyl (C=O) groups excluding carboxylic acids is 1. The normalized spacial score (nSPS) is 13.0. The van der Waals surface area contributed by atoms with Crippen molar-refractivity contribution in [1.29, 1.82) is 0 Å². The highest BCUT2D eigenvalue weighted by atomic mass is 16.4. The quantitative estimate of drug-likeness (QED) is 0.577. The fourth-order valence-electron chi connectivity index (χ4n) is 1.41. The van der Waals surface area contributed by atoms with Crippen LogP contribution in [0.2, 0.25) is 0 Å². The molecule has 1 aromatic heterocycles. The molecule has 4 N–H and O–H groups in total.